The van der Waals surface area contributed by atoms with E-state index in [1.165, 1.54) is 0 Å². The minimum Gasteiger partial charge on any atom is -0.487 e. The molecule has 0 radical (unpaired) electrons. The van der Waals surface area contributed by atoms with E-state index in [4.69, 9.17) is 10.5 Å². The monoisotopic (exact) mass is 293 g/mol. The molecule has 116 valence electrons. The normalized spacial score (nSPS) is 20.1. The fourth-order valence-electron chi connectivity index (χ4n) is 2.88. The second kappa shape index (κ2) is 6.76. The summed E-state index contributed by atoms with van der Waals surface area (Å²) in [5.74, 6) is 0.706. The van der Waals surface area contributed by atoms with Crippen molar-refractivity contribution in [1.29, 1.82) is 0 Å². The van der Waals surface area contributed by atoms with Gasteiger partial charge in [0.1, 0.15) is 5.69 Å². The van der Waals surface area contributed by atoms with E-state index >= 15 is 0 Å². The van der Waals surface area contributed by atoms with Crippen LogP contribution in [-0.2, 0) is 0 Å². The lowest BCUT2D eigenvalue weighted by atomic mass is 9.92. The van der Waals surface area contributed by atoms with Gasteiger partial charge in [0.15, 0.2) is 5.75 Å². The number of rotatable bonds is 5. The molecule has 0 amide bonds. The van der Waals surface area contributed by atoms with Crippen LogP contribution in [0.1, 0.15) is 26.7 Å². The summed E-state index contributed by atoms with van der Waals surface area (Å²) < 4.78 is 5.41. The number of piperidine rings is 1. The third-order valence-electron chi connectivity index (χ3n) is 4.00. The highest BCUT2D eigenvalue weighted by Gasteiger charge is 2.29. The minimum atomic E-state index is -0.351. The highest BCUT2D eigenvalue weighted by Crippen LogP contribution is 2.38. The van der Waals surface area contributed by atoms with Gasteiger partial charge in [-0.3, -0.25) is 10.1 Å². The number of para-hydroxylation sites is 1. The van der Waals surface area contributed by atoms with E-state index in [0.29, 0.717) is 24.0 Å². The number of hydrogen-bond acceptors (Lipinski definition) is 5. The van der Waals surface area contributed by atoms with E-state index in [1.54, 1.807) is 12.1 Å². The first-order valence-electron chi connectivity index (χ1n) is 7.45. The van der Waals surface area contributed by atoms with E-state index in [2.05, 4.69) is 4.90 Å². The SMILES string of the molecule is CCOc1cccc(N2CCCC(C(C)N)C2)c1[N+](=O)[O-]. The van der Waals surface area contributed by atoms with Crippen LogP contribution in [0.25, 0.3) is 0 Å². The molecular weight excluding hydrogens is 270 g/mol. The smallest absolute Gasteiger partial charge is 0.333 e. The molecule has 2 N–H and O–H groups in total. The van der Waals surface area contributed by atoms with Crippen molar-refractivity contribution >= 4 is 11.4 Å². The van der Waals surface area contributed by atoms with Crippen LogP contribution < -0.4 is 15.4 Å². The number of benzene rings is 1. The summed E-state index contributed by atoms with van der Waals surface area (Å²) in [6, 6.07) is 5.35. The van der Waals surface area contributed by atoms with Gasteiger partial charge < -0.3 is 15.4 Å². The fourth-order valence-corrected chi connectivity index (χ4v) is 2.88. The number of anilines is 1. The highest BCUT2D eigenvalue weighted by atomic mass is 16.6. The van der Waals surface area contributed by atoms with E-state index in [1.807, 2.05) is 19.9 Å². The Morgan fingerprint density at radius 1 is 1.57 bits per heavy atom. The molecule has 1 heterocycles. The largest absolute Gasteiger partial charge is 0.487 e. The van der Waals surface area contributed by atoms with Gasteiger partial charge in [0.2, 0.25) is 0 Å². The Balaban J connectivity index is 2.34. The number of nitrogens with two attached hydrogens (primary N) is 1. The van der Waals surface area contributed by atoms with Gasteiger partial charge in [0.25, 0.3) is 0 Å². The topological polar surface area (TPSA) is 81.6 Å². The van der Waals surface area contributed by atoms with Gasteiger partial charge in [-0.05, 0) is 44.7 Å². The summed E-state index contributed by atoms with van der Waals surface area (Å²) in [6.07, 6.45) is 2.08. The molecule has 1 aromatic carbocycles. The summed E-state index contributed by atoms with van der Waals surface area (Å²) in [4.78, 5) is 13.2. The molecule has 0 spiro atoms. The fraction of sp³-hybridized carbons (Fsp3) is 0.600. The summed E-state index contributed by atoms with van der Waals surface area (Å²) in [5, 5.41) is 11.4. The first-order valence-corrected chi connectivity index (χ1v) is 7.45. The van der Waals surface area contributed by atoms with Crippen LogP contribution in [0.3, 0.4) is 0 Å². The van der Waals surface area contributed by atoms with Crippen LogP contribution >= 0.6 is 0 Å². The molecule has 0 saturated carbocycles. The second-order valence-corrected chi connectivity index (χ2v) is 5.52. The molecule has 1 aliphatic rings. The van der Waals surface area contributed by atoms with E-state index in [-0.39, 0.29) is 16.7 Å². The summed E-state index contributed by atoms with van der Waals surface area (Å²) >= 11 is 0. The quantitative estimate of drug-likeness (QED) is 0.666. The van der Waals surface area contributed by atoms with Crippen LogP contribution in [0.5, 0.6) is 5.75 Å². The van der Waals surface area contributed by atoms with Gasteiger partial charge in [0, 0.05) is 19.1 Å². The molecule has 2 unspecified atom stereocenters. The molecule has 1 saturated heterocycles. The van der Waals surface area contributed by atoms with Gasteiger partial charge in [0.05, 0.1) is 11.5 Å². The maximum absolute atomic E-state index is 11.4. The second-order valence-electron chi connectivity index (χ2n) is 5.52. The highest BCUT2D eigenvalue weighted by molar-refractivity contribution is 5.70. The van der Waals surface area contributed by atoms with Crippen molar-refractivity contribution in [2.75, 3.05) is 24.6 Å². The molecule has 0 bridgehead atoms. The lowest BCUT2D eigenvalue weighted by Crippen LogP contribution is -2.42. The van der Waals surface area contributed by atoms with Crippen LogP contribution in [-0.4, -0.2) is 30.7 Å². The van der Waals surface area contributed by atoms with Gasteiger partial charge in [-0.2, -0.15) is 0 Å². The number of ether oxygens (including phenoxy) is 1. The van der Waals surface area contributed by atoms with Crippen molar-refractivity contribution in [1.82, 2.24) is 0 Å². The van der Waals surface area contributed by atoms with Crippen molar-refractivity contribution < 1.29 is 9.66 Å². The first-order chi connectivity index (χ1) is 10.0. The molecule has 0 aromatic heterocycles. The first kappa shape index (κ1) is 15.6. The van der Waals surface area contributed by atoms with Gasteiger partial charge in [-0.15, -0.1) is 0 Å². The number of nitro benzene ring substituents is 1. The molecule has 1 aliphatic heterocycles. The van der Waals surface area contributed by atoms with Gasteiger partial charge >= 0.3 is 5.69 Å². The van der Waals surface area contributed by atoms with E-state index in [9.17, 15) is 10.1 Å². The number of nitrogens with zero attached hydrogens (tertiary/aromatic N) is 2. The molecule has 0 aliphatic carbocycles. The Kier molecular flexibility index (Phi) is 5.01. The Hall–Kier alpha value is -1.82. The molecule has 1 aromatic rings. The lowest BCUT2D eigenvalue weighted by molar-refractivity contribution is -0.385. The predicted molar refractivity (Wildman–Crippen MR) is 82.9 cm³/mol. The summed E-state index contributed by atoms with van der Waals surface area (Å²) in [6.45, 7) is 5.81. The minimum absolute atomic E-state index is 0.0599. The molecule has 2 rings (SSSR count). The molecule has 1 fully saturated rings. The van der Waals surface area contributed by atoms with Crippen LogP contribution in [0, 0.1) is 16.0 Å². The van der Waals surface area contributed by atoms with Crippen LogP contribution in [0.15, 0.2) is 18.2 Å². The van der Waals surface area contributed by atoms with E-state index in [0.717, 1.165) is 25.9 Å². The zero-order valence-electron chi connectivity index (χ0n) is 12.6. The Labute approximate surface area is 125 Å². The lowest BCUT2D eigenvalue weighted by Gasteiger charge is -2.35. The number of hydrogen-bond donors (Lipinski definition) is 1. The standard InChI is InChI=1S/C15H23N3O3/c1-3-21-14-8-4-7-13(15(14)18(19)20)17-9-5-6-12(10-17)11(2)16/h4,7-8,11-12H,3,5-6,9-10,16H2,1-2H3. The average molecular weight is 293 g/mol. The molecule has 21 heavy (non-hydrogen) atoms. The van der Waals surface area contributed by atoms with Crippen LogP contribution in [0.4, 0.5) is 11.4 Å². The van der Waals surface area contributed by atoms with Crippen molar-refractivity contribution in [2.45, 2.75) is 32.7 Å². The van der Waals surface area contributed by atoms with Crippen LogP contribution in [0.2, 0.25) is 0 Å². The predicted octanol–water partition coefficient (Wildman–Crippen LogP) is 2.56. The molecule has 2 atom stereocenters. The molecular formula is C15H23N3O3. The maximum atomic E-state index is 11.4. The molecule has 6 nitrogen and oxygen atoms in total. The average Bonchev–Trinajstić information content (AvgIpc) is 2.47. The maximum Gasteiger partial charge on any atom is 0.333 e. The van der Waals surface area contributed by atoms with Crippen molar-refractivity contribution in [3.63, 3.8) is 0 Å². The zero-order valence-corrected chi connectivity index (χ0v) is 12.6. The van der Waals surface area contributed by atoms with Crippen molar-refractivity contribution in [3.05, 3.63) is 28.3 Å². The number of nitro groups is 1. The van der Waals surface area contributed by atoms with Gasteiger partial charge in [-0.25, -0.2) is 0 Å². The Morgan fingerprint density at radius 2 is 2.33 bits per heavy atom. The van der Waals surface area contributed by atoms with Crippen molar-refractivity contribution in [3.8, 4) is 5.75 Å². The van der Waals surface area contributed by atoms with E-state index < -0.39 is 0 Å². The Morgan fingerprint density at radius 3 is 2.95 bits per heavy atom. The zero-order chi connectivity index (χ0) is 15.4. The molecule has 6 heteroatoms. The summed E-state index contributed by atoms with van der Waals surface area (Å²) in [7, 11) is 0. The third kappa shape index (κ3) is 3.44. The third-order valence-corrected chi connectivity index (χ3v) is 4.00. The van der Waals surface area contributed by atoms with Crippen molar-refractivity contribution in [2.24, 2.45) is 11.7 Å². The summed E-state index contributed by atoms with van der Waals surface area (Å²) in [5.41, 5.74) is 6.69. The van der Waals surface area contributed by atoms with Gasteiger partial charge in [-0.1, -0.05) is 6.07 Å². The Bertz CT molecular complexity index is 505.